The molecule has 182 valence electrons. The first kappa shape index (κ1) is 23.2. The van der Waals surface area contributed by atoms with E-state index in [9.17, 15) is 5.11 Å². The average Bonchev–Trinajstić information content (AvgIpc) is 3.25. The first-order chi connectivity index (χ1) is 17.8. The van der Waals surface area contributed by atoms with Crippen LogP contribution in [0.2, 0.25) is 13.1 Å². The molecule has 0 aliphatic rings. The summed E-state index contributed by atoms with van der Waals surface area (Å²) in [6.07, 6.45) is 1.88. The number of aryl methyl sites for hydroxylation is 2. The molecule has 0 bridgehead atoms. The minimum atomic E-state index is -1.96. The Hall–Kier alpha value is -4.22. The molecule has 0 aliphatic heterocycles. The molecule has 3 aromatic carbocycles. The van der Waals surface area contributed by atoms with Crippen molar-refractivity contribution < 1.29 is 5.11 Å². The Morgan fingerprint density at radius 1 is 0.784 bits per heavy atom. The monoisotopic (exact) mass is 499 g/mol. The summed E-state index contributed by atoms with van der Waals surface area (Å²) in [4.78, 5) is 9.89. The molecule has 0 aliphatic carbocycles. The maximum absolute atomic E-state index is 11.1. The number of aromatic nitrogens is 3. The summed E-state index contributed by atoms with van der Waals surface area (Å²) < 4.78 is 2.10. The van der Waals surface area contributed by atoms with E-state index in [4.69, 9.17) is 4.98 Å². The molecule has 3 aromatic heterocycles. The van der Waals surface area contributed by atoms with Crippen molar-refractivity contribution in [1.29, 1.82) is 0 Å². The number of benzene rings is 3. The summed E-state index contributed by atoms with van der Waals surface area (Å²) in [5.74, 6) is 0.283. The van der Waals surface area contributed by atoms with Crippen LogP contribution in [0.25, 0.3) is 38.9 Å². The van der Waals surface area contributed by atoms with Gasteiger partial charge in [0.25, 0.3) is 0 Å². The van der Waals surface area contributed by atoms with Crippen molar-refractivity contribution in [3.63, 3.8) is 0 Å². The number of hydrogen-bond donors (Lipinski definition) is 1. The minimum absolute atomic E-state index is 0.283. The Balaban J connectivity index is 1.57. The summed E-state index contributed by atoms with van der Waals surface area (Å²) in [6, 6.07) is 31.5. The zero-order chi connectivity index (χ0) is 25.7. The number of phenolic OH excluding ortho intramolecular Hbond substituents is 1. The van der Waals surface area contributed by atoms with E-state index in [1.807, 2.05) is 37.4 Å². The van der Waals surface area contributed by atoms with Crippen LogP contribution in [0.1, 0.15) is 11.1 Å². The van der Waals surface area contributed by atoms with Crippen molar-refractivity contribution in [1.82, 2.24) is 14.5 Å². The predicted molar refractivity (Wildman–Crippen MR) is 156 cm³/mol. The Labute approximate surface area is 217 Å². The van der Waals surface area contributed by atoms with Crippen molar-refractivity contribution >= 4 is 40.5 Å². The van der Waals surface area contributed by atoms with Gasteiger partial charge in [0.15, 0.2) is 0 Å². The van der Waals surface area contributed by atoms with Crippen molar-refractivity contribution in [2.24, 2.45) is 0 Å². The van der Waals surface area contributed by atoms with Crippen LogP contribution in [-0.4, -0.2) is 27.7 Å². The van der Waals surface area contributed by atoms with Crippen LogP contribution in [0, 0.1) is 13.8 Å². The zero-order valence-corrected chi connectivity index (χ0v) is 22.5. The molecule has 1 N–H and O–H groups in total. The van der Waals surface area contributed by atoms with E-state index in [2.05, 4.69) is 96.3 Å². The molecule has 5 heteroatoms. The molecule has 6 aromatic rings. The van der Waals surface area contributed by atoms with Crippen molar-refractivity contribution in [2.45, 2.75) is 26.9 Å². The van der Waals surface area contributed by atoms with E-state index in [1.54, 1.807) is 0 Å². The van der Waals surface area contributed by atoms with Gasteiger partial charge in [0, 0.05) is 27.8 Å². The van der Waals surface area contributed by atoms with Gasteiger partial charge in [-0.1, -0.05) is 72.9 Å². The molecule has 4 nitrogen and oxygen atoms in total. The van der Waals surface area contributed by atoms with E-state index in [0.29, 0.717) is 0 Å². The minimum Gasteiger partial charge on any atom is -0.505 e. The van der Waals surface area contributed by atoms with Crippen LogP contribution < -0.4 is 10.5 Å². The van der Waals surface area contributed by atoms with Gasteiger partial charge in [-0.3, -0.25) is 9.55 Å². The van der Waals surface area contributed by atoms with Gasteiger partial charge in [-0.15, -0.1) is 0 Å². The van der Waals surface area contributed by atoms with Gasteiger partial charge in [-0.25, -0.2) is 4.98 Å². The lowest BCUT2D eigenvalue weighted by molar-refractivity contribution is 0.468. The second-order valence-corrected chi connectivity index (χ2v) is 14.6. The number of hydrogen-bond acceptors (Lipinski definition) is 3. The smallest absolute Gasteiger partial charge is 0.146 e. The van der Waals surface area contributed by atoms with E-state index in [1.165, 1.54) is 10.5 Å². The number of nitrogens with zero attached hydrogens (tertiary/aromatic N) is 3. The normalized spacial score (nSPS) is 11.9. The third-order valence-electron chi connectivity index (χ3n) is 7.37. The van der Waals surface area contributed by atoms with Gasteiger partial charge in [-0.05, 0) is 61.4 Å². The maximum atomic E-state index is 11.1. The Morgan fingerprint density at radius 3 is 2.41 bits per heavy atom. The maximum Gasteiger partial charge on any atom is 0.146 e. The third-order valence-corrected chi connectivity index (χ3v) is 10.7. The molecular formula is C32H29N3OSi. The van der Waals surface area contributed by atoms with Crippen molar-refractivity contribution in [3.05, 3.63) is 108 Å². The lowest BCUT2D eigenvalue weighted by Crippen LogP contribution is -2.54. The van der Waals surface area contributed by atoms with E-state index in [0.717, 1.165) is 50.0 Å². The molecule has 3 heterocycles. The van der Waals surface area contributed by atoms with Crippen LogP contribution in [0.15, 0.2) is 97.2 Å². The highest BCUT2D eigenvalue weighted by Gasteiger charge is 2.28. The topological polar surface area (TPSA) is 50.9 Å². The van der Waals surface area contributed by atoms with Gasteiger partial charge >= 0.3 is 0 Å². The van der Waals surface area contributed by atoms with Gasteiger partial charge in [0.2, 0.25) is 0 Å². The molecule has 0 amide bonds. The molecule has 0 atom stereocenters. The predicted octanol–water partition coefficient (Wildman–Crippen LogP) is 6.39. The third kappa shape index (κ3) is 3.83. The van der Waals surface area contributed by atoms with Crippen molar-refractivity contribution in [2.75, 3.05) is 0 Å². The van der Waals surface area contributed by atoms with Crippen LogP contribution in [0.4, 0.5) is 0 Å². The van der Waals surface area contributed by atoms with Crippen molar-refractivity contribution in [3.8, 4) is 22.7 Å². The van der Waals surface area contributed by atoms with Gasteiger partial charge in [0.1, 0.15) is 19.5 Å². The lowest BCUT2D eigenvalue weighted by atomic mass is 10.1. The molecule has 0 saturated heterocycles. The first-order valence-electron chi connectivity index (χ1n) is 12.6. The summed E-state index contributed by atoms with van der Waals surface area (Å²) in [7, 11) is -1.96. The zero-order valence-electron chi connectivity index (χ0n) is 21.5. The molecule has 37 heavy (non-hydrogen) atoms. The van der Waals surface area contributed by atoms with Gasteiger partial charge in [0.05, 0.1) is 16.9 Å². The summed E-state index contributed by atoms with van der Waals surface area (Å²) in [6.45, 7) is 8.68. The number of rotatable bonds is 4. The number of pyridine rings is 2. The van der Waals surface area contributed by atoms with E-state index < -0.39 is 8.07 Å². The van der Waals surface area contributed by atoms with Crippen LogP contribution in [0.3, 0.4) is 0 Å². The Morgan fingerprint density at radius 2 is 1.59 bits per heavy atom. The molecule has 0 saturated carbocycles. The Bertz CT molecular complexity index is 1790. The molecule has 0 spiro atoms. The highest BCUT2D eigenvalue weighted by molar-refractivity contribution is 6.99. The van der Waals surface area contributed by atoms with Crippen LogP contribution in [-0.2, 0) is 0 Å². The van der Waals surface area contributed by atoms with Gasteiger partial charge in [-0.2, -0.15) is 0 Å². The highest BCUT2D eigenvalue weighted by Crippen LogP contribution is 2.37. The van der Waals surface area contributed by atoms with E-state index >= 15 is 0 Å². The second-order valence-electron chi connectivity index (χ2n) is 10.3. The number of fused-ring (bicyclic) bond motifs is 3. The summed E-state index contributed by atoms with van der Waals surface area (Å²) in [5.41, 5.74) is 6.56. The quantitative estimate of drug-likeness (QED) is 0.286. The lowest BCUT2D eigenvalue weighted by Gasteiger charge is -2.22. The highest BCUT2D eigenvalue weighted by atomic mass is 28.3. The first-order valence-corrected chi connectivity index (χ1v) is 15.6. The number of aromatic hydroxyl groups is 1. The van der Waals surface area contributed by atoms with E-state index in [-0.39, 0.29) is 5.75 Å². The SMILES string of the molecule is Cc1cc(C)c(O)c(-n2c3ccccc3c3ccc(-c4cccc([Si](C)(C)c5ccccn5)c4)nc32)c1. The van der Waals surface area contributed by atoms with Gasteiger partial charge < -0.3 is 5.11 Å². The Kier molecular flexibility index (Phi) is 5.46. The largest absolute Gasteiger partial charge is 0.505 e. The molecule has 0 radical (unpaired) electrons. The second kappa shape index (κ2) is 8.71. The molecular weight excluding hydrogens is 470 g/mol. The fourth-order valence-electron chi connectivity index (χ4n) is 5.30. The summed E-state index contributed by atoms with van der Waals surface area (Å²) in [5, 5.41) is 15.8. The fraction of sp³-hybridized carbons (Fsp3) is 0.125. The number of para-hydroxylation sites is 1. The van der Waals surface area contributed by atoms with Crippen LogP contribution in [0.5, 0.6) is 5.75 Å². The summed E-state index contributed by atoms with van der Waals surface area (Å²) >= 11 is 0. The van der Waals surface area contributed by atoms with Crippen LogP contribution >= 0.6 is 0 Å². The molecule has 0 fully saturated rings. The molecule has 0 unspecified atom stereocenters. The fourth-order valence-corrected chi connectivity index (χ4v) is 7.54. The molecule has 6 rings (SSSR count). The standard InChI is InChI=1S/C32H29N3OSi/c1-21-18-22(2)31(36)29(19-21)35-28-13-6-5-12-25(28)26-15-16-27(34-32(26)35)23-10-9-11-24(20-23)37(3,4)30-14-7-8-17-33-30/h5-20,36H,1-4H3. The number of phenols is 1. The average molecular weight is 500 g/mol.